The number of anilines is 1. The predicted molar refractivity (Wildman–Crippen MR) is 148 cm³/mol. The second-order valence-corrected chi connectivity index (χ2v) is 10.6. The van der Waals surface area contributed by atoms with E-state index in [0.29, 0.717) is 0 Å². The largest absolute Gasteiger partial charge is 0.419 e. The van der Waals surface area contributed by atoms with E-state index in [1.165, 1.54) is 12.1 Å². The van der Waals surface area contributed by atoms with Crippen molar-refractivity contribution < 1.29 is 24.0 Å². The van der Waals surface area contributed by atoms with Crippen molar-refractivity contribution in [3.8, 4) is 5.75 Å². The molecular weight excluding hydrogens is 508 g/mol. The van der Waals surface area contributed by atoms with E-state index in [4.69, 9.17) is 4.74 Å². The van der Waals surface area contributed by atoms with Crippen LogP contribution >= 0.6 is 0 Å². The second kappa shape index (κ2) is 9.41. The third-order valence-corrected chi connectivity index (χ3v) is 8.04. The normalized spacial score (nSPS) is 22.6. The Morgan fingerprint density at radius 1 is 0.825 bits per heavy atom. The van der Waals surface area contributed by atoms with Gasteiger partial charge < -0.3 is 4.74 Å². The van der Waals surface area contributed by atoms with E-state index in [1.54, 1.807) is 0 Å². The Morgan fingerprint density at radius 2 is 1.32 bits per heavy atom. The van der Waals surface area contributed by atoms with E-state index < -0.39 is 28.4 Å². The molecule has 6 rings (SSSR count). The summed E-state index contributed by atoms with van der Waals surface area (Å²) < 4.78 is 4.95. The molecule has 1 saturated heterocycles. The van der Waals surface area contributed by atoms with Crippen LogP contribution in [0.1, 0.15) is 29.2 Å². The quantitative estimate of drug-likeness (QED) is 0.106. The van der Waals surface area contributed by atoms with Crippen LogP contribution in [-0.2, 0) is 14.4 Å². The SMILES string of the molecule is CC(=O)Oc1ccc(N2C(=O)C3C4C=CC(C4=C(c4ccc(C)cc4)c4ccc(C)cc4)C3C2=O)cc1[N+](=O)[O-]. The van der Waals surface area contributed by atoms with Gasteiger partial charge in [-0.1, -0.05) is 71.8 Å². The summed E-state index contributed by atoms with van der Waals surface area (Å²) in [6.45, 7) is 5.20. The lowest BCUT2D eigenvalue weighted by Gasteiger charge is -2.22. The Labute approximate surface area is 230 Å². The Hall–Kier alpha value is -4.85. The van der Waals surface area contributed by atoms with Gasteiger partial charge in [-0.3, -0.25) is 24.5 Å². The average Bonchev–Trinajstić information content (AvgIpc) is 3.55. The number of hydrogen-bond acceptors (Lipinski definition) is 6. The highest BCUT2D eigenvalue weighted by Crippen LogP contribution is 2.59. The number of amides is 2. The van der Waals surface area contributed by atoms with Crippen molar-refractivity contribution in [3.63, 3.8) is 0 Å². The third-order valence-electron chi connectivity index (χ3n) is 8.04. The van der Waals surface area contributed by atoms with Crippen LogP contribution in [-0.4, -0.2) is 22.7 Å². The van der Waals surface area contributed by atoms with Crippen LogP contribution in [0.25, 0.3) is 5.57 Å². The van der Waals surface area contributed by atoms with E-state index in [0.717, 1.165) is 51.3 Å². The molecule has 0 aromatic heterocycles. The minimum Gasteiger partial charge on any atom is -0.419 e. The highest BCUT2D eigenvalue weighted by atomic mass is 16.6. The Bertz CT molecular complexity index is 1570. The number of esters is 1. The second-order valence-electron chi connectivity index (χ2n) is 10.6. The van der Waals surface area contributed by atoms with E-state index in [1.807, 2.05) is 26.0 Å². The van der Waals surface area contributed by atoms with Gasteiger partial charge in [-0.15, -0.1) is 0 Å². The van der Waals surface area contributed by atoms with E-state index in [9.17, 15) is 24.5 Å². The zero-order chi connectivity index (χ0) is 28.3. The Balaban J connectivity index is 1.43. The van der Waals surface area contributed by atoms with Crippen molar-refractivity contribution in [1.29, 1.82) is 0 Å². The monoisotopic (exact) mass is 534 g/mol. The Morgan fingerprint density at radius 3 is 1.77 bits per heavy atom. The molecule has 4 atom stereocenters. The van der Waals surface area contributed by atoms with Crippen molar-refractivity contribution in [1.82, 2.24) is 0 Å². The number of ether oxygens (including phenoxy) is 1. The van der Waals surface area contributed by atoms with Gasteiger partial charge in [0.05, 0.1) is 22.4 Å². The number of fused-ring (bicyclic) bond motifs is 5. The maximum Gasteiger partial charge on any atom is 0.313 e. The highest BCUT2D eigenvalue weighted by molar-refractivity contribution is 6.23. The molecule has 2 amide bonds. The zero-order valence-electron chi connectivity index (χ0n) is 22.2. The third kappa shape index (κ3) is 3.95. The van der Waals surface area contributed by atoms with Gasteiger partial charge in [0.25, 0.3) is 0 Å². The zero-order valence-corrected chi connectivity index (χ0v) is 22.2. The first-order chi connectivity index (χ1) is 19.2. The first-order valence-corrected chi connectivity index (χ1v) is 13.1. The molecule has 40 heavy (non-hydrogen) atoms. The minimum absolute atomic E-state index is 0.0919. The number of nitro benzene ring substituents is 1. The van der Waals surface area contributed by atoms with Crippen molar-refractivity contribution in [3.05, 3.63) is 117 Å². The molecule has 1 aliphatic heterocycles. The fourth-order valence-electron chi connectivity index (χ4n) is 6.32. The summed E-state index contributed by atoms with van der Waals surface area (Å²) in [5, 5.41) is 11.7. The number of allylic oxidation sites excluding steroid dienone is 3. The molecular formula is C32H26N2O6. The number of benzene rings is 3. The average molecular weight is 535 g/mol. The number of carbonyl (C=O) groups excluding carboxylic acids is 3. The molecule has 8 heteroatoms. The van der Waals surface area contributed by atoms with Crippen LogP contribution in [0.3, 0.4) is 0 Å². The van der Waals surface area contributed by atoms with Crippen molar-refractivity contribution >= 4 is 34.7 Å². The molecule has 2 bridgehead atoms. The Kier molecular flexibility index (Phi) is 5.98. The van der Waals surface area contributed by atoms with E-state index in [-0.39, 0.29) is 35.1 Å². The van der Waals surface area contributed by atoms with Gasteiger partial charge in [-0.2, -0.15) is 0 Å². The molecule has 3 aromatic rings. The van der Waals surface area contributed by atoms with Crippen LogP contribution in [0.15, 0.2) is 84.5 Å². The van der Waals surface area contributed by atoms with Crippen molar-refractivity contribution in [2.45, 2.75) is 20.8 Å². The maximum atomic E-state index is 13.9. The van der Waals surface area contributed by atoms with Crippen molar-refractivity contribution in [2.75, 3.05) is 4.90 Å². The maximum absolute atomic E-state index is 13.9. The van der Waals surface area contributed by atoms with Crippen LogP contribution in [0, 0.1) is 47.6 Å². The molecule has 8 nitrogen and oxygen atoms in total. The molecule has 1 heterocycles. The summed E-state index contributed by atoms with van der Waals surface area (Å²) in [6.07, 6.45) is 4.04. The number of imide groups is 1. The summed E-state index contributed by atoms with van der Waals surface area (Å²) in [7, 11) is 0. The first kappa shape index (κ1) is 25.4. The molecule has 2 fully saturated rings. The number of nitrogens with zero attached hydrogens (tertiary/aromatic N) is 2. The molecule has 0 N–H and O–H groups in total. The van der Waals surface area contributed by atoms with Gasteiger partial charge in [0.15, 0.2) is 0 Å². The lowest BCUT2D eigenvalue weighted by atomic mass is 9.85. The van der Waals surface area contributed by atoms with Crippen LogP contribution in [0.5, 0.6) is 5.75 Å². The van der Waals surface area contributed by atoms with Gasteiger partial charge in [0.1, 0.15) is 0 Å². The lowest BCUT2D eigenvalue weighted by Crippen LogP contribution is -2.33. The van der Waals surface area contributed by atoms with Gasteiger partial charge in [0.2, 0.25) is 17.6 Å². The summed E-state index contributed by atoms with van der Waals surface area (Å²) in [6, 6.07) is 20.3. The highest BCUT2D eigenvalue weighted by Gasteiger charge is 2.62. The summed E-state index contributed by atoms with van der Waals surface area (Å²) in [5.41, 5.74) is 6.01. The number of aryl methyl sites for hydroxylation is 2. The number of hydrogen-bond donors (Lipinski definition) is 0. The molecule has 0 spiro atoms. The lowest BCUT2D eigenvalue weighted by molar-refractivity contribution is -0.385. The van der Waals surface area contributed by atoms with Crippen LogP contribution < -0.4 is 9.64 Å². The fraction of sp³-hybridized carbons (Fsp3) is 0.219. The standard InChI is InChI=1S/C32H26N2O6/c1-17-4-8-20(9-5-17)27(21-10-6-18(2)7-11-21)28-23-13-14-24(28)30-29(23)31(36)33(32(30)37)22-12-15-26(40-19(3)35)25(16-22)34(38)39/h4-16,23-24,29-30H,1-3H3. The molecule has 1 saturated carbocycles. The van der Waals surface area contributed by atoms with Crippen LogP contribution in [0.2, 0.25) is 0 Å². The van der Waals surface area contributed by atoms with Crippen molar-refractivity contribution in [2.24, 2.45) is 23.7 Å². The van der Waals surface area contributed by atoms with Gasteiger partial charge >= 0.3 is 11.7 Å². The van der Waals surface area contributed by atoms with Gasteiger partial charge in [-0.25, -0.2) is 4.90 Å². The van der Waals surface area contributed by atoms with Gasteiger partial charge in [0, 0.05) is 24.8 Å². The smallest absolute Gasteiger partial charge is 0.313 e. The number of nitro groups is 1. The molecule has 3 aliphatic rings. The molecule has 3 aromatic carbocycles. The number of carbonyl (C=O) groups is 3. The van der Waals surface area contributed by atoms with E-state index in [2.05, 4.69) is 48.5 Å². The fourth-order valence-corrected chi connectivity index (χ4v) is 6.32. The summed E-state index contributed by atoms with van der Waals surface area (Å²) in [4.78, 5) is 51.1. The van der Waals surface area contributed by atoms with Crippen LogP contribution in [0.4, 0.5) is 11.4 Å². The molecule has 2 aliphatic carbocycles. The topological polar surface area (TPSA) is 107 Å². The first-order valence-electron chi connectivity index (χ1n) is 13.1. The molecule has 4 unspecified atom stereocenters. The molecule has 200 valence electrons. The summed E-state index contributed by atoms with van der Waals surface area (Å²) >= 11 is 0. The van der Waals surface area contributed by atoms with E-state index >= 15 is 0 Å². The predicted octanol–water partition coefficient (Wildman–Crippen LogP) is 5.56. The number of rotatable bonds is 5. The van der Waals surface area contributed by atoms with Gasteiger partial charge in [-0.05, 0) is 48.3 Å². The molecule has 0 radical (unpaired) electrons. The summed E-state index contributed by atoms with van der Waals surface area (Å²) in [5.74, 6) is -3.47. The minimum atomic E-state index is -0.710.